The summed E-state index contributed by atoms with van der Waals surface area (Å²) in [5, 5.41) is 0. The predicted octanol–water partition coefficient (Wildman–Crippen LogP) is 0.870. The number of hydrogen-bond donors (Lipinski definition) is 1. The van der Waals surface area contributed by atoms with E-state index in [9.17, 15) is 9.59 Å². The molecule has 1 aliphatic carbocycles. The molecule has 2 amide bonds. The van der Waals surface area contributed by atoms with E-state index in [-0.39, 0.29) is 36.4 Å². The Hall–Kier alpha value is -1.88. The van der Waals surface area contributed by atoms with Crippen LogP contribution in [0, 0.1) is 0 Å². The SMILES string of the molecule is CC(N)C1(c2ccccc2N2CC(=O)N(C)CC2=O)CC1. The number of nitrogens with zero attached hydrogens (tertiary/aromatic N) is 2. The molecule has 3 rings (SSSR count). The highest BCUT2D eigenvalue weighted by molar-refractivity contribution is 6.05. The van der Waals surface area contributed by atoms with Crippen LogP contribution in [0.1, 0.15) is 25.3 Å². The van der Waals surface area contributed by atoms with Gasteiger partial charge in [-0.05, 0) is 31.4 Å². The van der Waals surface area contributed by atoms with Gasteiger partial charge in [0.2, 0.25) is 11.8 Å². The maximum atomic E-state index is 12.3. The Morgan fingerprint density at radius 2 is 1.81 bits per heavy atom. The maximum absolute atomic E-state index is 12.3. The van der Waals surface area contributed by atoms with Crippen molar-refractivity contribution < 1.29 is 9.59 Å². The Labute approximate surface area is 124 Å². The van der Waals surface area contributed by atoms with Crippen molar-refractivity contribution in [3.8, 4) is 0 Å². The third-order valence-corrected chi connectivity index (χ3v) is 4.78. The second-order valence-electron chi connectivity index (χ2n) is 6.19. The number of hydrogen-bond acceptors (Lipinski definition) is 3. The third-order valence-electron chi connectivity index (χ3n) is 4.78. The minimum Gasteiger partial charge on any atom is -0.335 e. The molecular formula is C16H21N3O2. The van der Waals surface area contributed by atoms with Crippen molar-refractivity contribution in [1.82, 2.24) is 4.90 Å². The lowest BCUT2D eigenvalue weighted by Crippen LogP contribution is -2.53. The molecule has 0 radical (unpaired) electrons. The minimum atomic E-state index is -0.0384. The molecule has 1 atom stereocenters. The van der Waals surface area contributed by atoms with Crippen LogP contribution in [0.3, 0.4) is 0 Å². The number of piperazine rings is 1. The molecule has 2 fully saturated rings. The molecule has 5 heteroatoms. The summed E-state index contributed by atoms with van der Waals surface area (Å²) in [6, 6.07) is 7.89. The summed E-state index contributed by atoms with van der Waals surface area (Å²) in [6.45, 7) is 2.26. The molecule has 1 unspecified atom stereocenters. The van der Waals surface area contributed by atoms with Crippen molar-refractivity contribution in [1.29, 1.82) is 0 Å². The Bertz CT molecular complexity index is 593. The van der Waals surface area contributed by atoms with Gasteiger partial charge in [0, 0.05) is 24.2 Å². The van der Waals surface area contributed by atoms with Crippen molar-refractivity contribution in [3.63, 3.8) is 0 Å². The smallest absolute Gasteiger partial charge is 0.247 e. The predicted molar refractivity (Wildman–Crippen MR) is 81.0 cm³/mol. The Morgan fingerprint density at radius 1 is 1.14 bits per heavy atom. The highest BCUT2D eigenvalue weighted by Crippen LogP contribution is 2.53. The molecule has 21 heavy (non-hydrogen) atoms. The van der Waals surface area contributed by atoms with Crippen molar-refractivity contribution in [3.05, 3.63) is 29.8 Å². The molecule has 2 aliphatic rings. The molecule has 1 aromatic rings. The topological polar surface area (TPSA) is 66.6 Å². The summed E-state index contributed by atoms with van der Waals surface area (Å²) in [4.78, 5) is 27.3. The fraction of sp³-hybridized carbons (Fsp3) is 0.500. The van der Waals surface area contributed by atoms with E-state index in [2.05, 4.69) is 0 Å². The van der Waals surface area contributed by atoms with Gasteiger partial charge in [-0.3, -0.25) is 9.59 Å². The number of carbonyl (C=O) groups excluding carboxylic acids is 2. The first kappa shape index (κ1) is 14.1. The maximum Gasteiger partial charge on any atom is 0.247 e. The molecule has 5 nitrogen and oxygen atoms in total. The van der Waals surface area contributed by atoms with Crippen molar-refractivity contribution in [2.24, 2.45) is 5.73 Å². The van der Waals surface area contributed by atoms with Crippen LogP contribution < -0.4 is 10.6 Å². The molecule has 0 bridgehead atoms. The van der Waals surface area contributed by atoms with Crippen LogP contribution in [0.15, 0.2) is 24.3 Å². The van der Waals surface area contributed by atoms with E-state index in [1.807, 2.05) is 31.2 Å². The lowest BCUT2D eigenvalue weighted by molar-refractivity contribution is -0.136. The summed E-state index contributed by atoms with van der Waals surface area (Å²) in [7, 11) is 1.66. The zero-order valence-electron chi connectivity index (χ0n) is 12.5. The number of anilines is 1. The van der Waals surface area contributed by atoms with Crippen LogP contribution in [0.4, 0.5) is 5.69 Å². The highest BCUT2D eigenvalue weighted by Gasteiger charge is 2.49. The van der Waals surface area contributed by atoms with E-state index < -0.39 is 0 Å². The highest BCUT2D eigenvalue weighted by atomic mass is 16.2. The van der Waals surface area contributed by atoms with Gasteiger partial charge >= 0.3 is 0 Å². The molecule has 2 N–H and O–H groups in total. The van der Waals surface area contributed by atoms with Crippen LogP contribution in [0.5, 0.6) is 0 Å². The van der Waals surface area contributed by atoms with E-state index in [0.29, 0.717) is 0 Å². The summed E-state index contributed by atoms with van der Waals surface area (Å²) >= 11 is 0. The molecule has 0 spiro atoms. The van der Waals surface area contributed by atoms with Crippen molar-refractivity contribution in [2.45, 2.75) is 31.2 Å². The Balaban J connectivity index is 2.00. The average Bonchev–Trinajstić information content (AvgIpc) is 3.24. The fourth-order valence-corrected chi connectivity index (χ4v) is 3.17. The summed E-state index contributed by atoms with van der Waals surface area (Å²) in [5.41, 5.74) is 8.08. The van der Waals surface area contributed by atoms with Gasteiger partial charge in [-0.2, -0.15) is 0 Å². The second-order valence-corrected chi connectivity index (χ2v) is 6.19. The molecule has 1 saturated carbocycles. The number of carbonyl (C=O) groups is 2. The largest absolute Gasteiger partial charge is 0.335 e. The van der Waals surface area contributed by atoms with Gasteiger partial charge < -0.3 is 15.5 Å². The van der Waals surface area contributed by atoms with Gasteiger partial charge in [-0.15, -0.1) is 0 Å². The Kier molecular flexibility index (Phi) is 3.24. The van der Waals surface area contributed by atoms with Crippen LogP contribution in [0.25, 0.3) is 0 Å². The molecule has 1 aliphatic heterocycles. The zero-order chi connectivity index (χ0) is 15.2. The van der Waals surface area contributed by atoms with Crippen LogP contribution in [0.2, 0.25) is 0 Å². The van der Waals surface area contributed by atoms with Gasteiger partial charge in [0.15, 0.2) is 0 Å². The number of nitrogens with two attached hydrogens (primary N) is 1. The lowest BCUT2D eigenvalue weighted by atomic mass is 9.87. The number of amides is 2. The van der Waals surface area contributed by atoms with Crippen molar-refractivity contribution in [2.75, 3.05) is 25.0 Å². The third kappa shape index (κ3) is 2.21. The fourth-order valence-electron chi connectivity index (χ4n) is 3.17. The molecule has 1 saturated heterocycles. The summed E-state index contributed by atoms with van der Waals surface area (Å²) in [6.07, 6.45) is 2.08. The number of likely N-dealkylation sites (N-methyl/N-ethyl adjacent to an activating group) is 1. The van der Waals surface area contributed by atoms with Gasteiger partial charge in [0.05, 0.1) is 6.54 Å². The number of rotatable bonds is 3. The average molecular weight is 287 g/mol. The van der Waals surface area contributed by atoms with Crippen molar-refractivity contribution >= 4 is 17.5 Å². The molecule has 1 aromatic carbocycles. The monoisotopic (exact) mass is 287 g/mol. The lowest BCUT2D eigenvalue weighted by Gasteiger charge is -2.34. The van der Waals surface area contributed by atoms with E-state index in [4.69, 9.17) is 5.73 Å². The van der Waals surface area contributed by atoms with Crippen LogP contribution >= 0.6 is 0 Å². The summed E-state index contributed by atoms with van der Waals surface area (Å²) < 4.78 is 0. The minimum absolute atomic E-state index is 0.0324. The van der Waals surface area contributed by atoms with Gasteiger partial charge in [-0.25, -0.2) is 0 Å². The molecule has 1 heterocycles. The van der Waals surface area contributed by atoms with Gasteiger partial charge in [0.1, 0.15) is 6.54 Å². The number of benzene rings is 1. The number of para-hydroxylation sites is 1. The first-order chi connectivity index (χ1) is 9.95. The van der Waals surface area contributed by atoms with Gasteiger partial charge in [0.25, 0.3) is 0 Å². The standard InChI is InChI=1S/C16H21N3O2/c1-11(17)16(7-8-16)12-5-3-4-6-13(12)19-10-14(20)18(2)9-15(19)21/h3-6,11H,7-10,17H2,1-2H3. The van der Waals surface area contributed by atoms with Gasteiger partial charge in [-0.1, -0.05) is 18.2 Å². The zero-order valence-corrected chi connectivity index (χ0v) is 12.5. The van der Waals surface area contributed by atoms with E-state index in [0.717, 1.165) is 24.1 Å². The Morgan fingerprint density at radius 3 is 2.43 bits per heavy atom. The first-order valence-electron chi connectivity index (χ1n) is 7.35. The molecule has 112 valence electrons. The second kappa shape index (κ2) is 4.84. The van der Waals surface area contributed by atoms with E-state index in [1.54, 1.807) is 11.9 Å². The molecule has 0 aromatic heterocycles. The summed E-state index contributed by atoms with van der Waals surface area (Å²) in [5.74, 6) is -0.0694. The normalized spacial score (nSPS) is 22.4. The molecular weight excluding hydrogens is 266 g/mol. The van der Waals surface area contributed by atoms with Crippen LogP contribution in [-0.4, -0.2) is 42.9 Å². The first-order valence-corrected chi connectivity index (χ1v) is 7.35. The van der Waals surface area contributed by atoms with Crippen LogP contribution in [-0.2, 0) is 15.0 Å². The van der Waals surface area contributed by atoms with E-state index in [1.165, 1.54) is 4.90 Å². The quantitative estimate of drug-likeness (QED) is 0.897. The van der Waals surface area contributed by atoms with E-state index >= 15 is 0 Å².